The highest BCUT2D eigenvalue weighted by Crippen LogP contribution is 2.35. The summed E-state index contributed by atoms with van der Waals surface area (Å²) in [6, 6.07) is 0. The van der Waals surface area contributed by atoms with Crippen molar-refractivity contribution in [2.75, 3.05) is 0 Å². The molecule has 6 heteroatoms. The summed E-state index contributed by atoms with van der Waals surface area (Å²) in [6.07, 6.45) is 8.67. The first-order valence-electron chi connectivity index (χ1n) is 8.23. The maximum Gasteiger partial charge on any atom is 0.410 e. The van der Waals surface area contributed by atoms with Gasteiger partial charge < -0.3 is 9.64 Å². The van der Waals surface area contributed by atoms with Crippen LogP contribution in [0.5, 0.6) is 0 Å². The third-order valence-electron chi connectivity index (χ3n) is 3.59. The van der Waals surface area contributed by atoms with Gasteiger partial charge in [0.25, 0.3) is 0 Å². The standard InChI is InChI=1S/C19H27N3O2S/c1-8-22-12-10-9-11-19(22,21-16(23)24-18(5,6)7)15-20-14(13-25-15)17(2,3)4/h8-13H,1H2,2-7H3,(H,21,23). The summed E-state index contributed by atoms with van der Waals surface area (Å²) in [7, 11) is 0. The number of carbonyl (C=O) groups excluding carboxylic acids is 1. The van der Waals surface area contributed by atoms with Crippen molar-refractivity contribution in [2.24, 2.45) is 0 Å². The number of aromatic nitrogens is 1. The molecular weight excluding hydrogens is 334 g/mol. The molecule has 1 aromatic heterocycles. The van der Waals surface area contributed by atoms with Crippen LogP contribution in [0.3, 0.4) is 0 Å². The van der Waals surface area contributed by atoms with E-state index in [0.717, 1.165) is 10.7 Å². The molecule has 1 atom stereocenters. The average molecular weight is 362 g/mol. The van der Waals surface area contributed by atoms with Gasteiger partial charge in [0.1, 0.15) is 10.6 Å². The zero-order valence-corrected chi connectivity index (χ0v) is 16.6. The number of allylic oxidation sites excluding steroid dienone is 2. The molecule has 1 aliphatic rings. The van der Waals surface area contributed by atoms with Crippen LogP contribution in [0.4, 0.5) is 4.79 Å². The molecule has 0 spiro atoms. The SMILES string of the molecule is C=CN1C=CC=CC1(NC(=O)OC(C)(C)C)c1nc(C(C)(C)C)cs1. The lowest BCUT2D eigenvalue weighted by molar-refractivity contribution is 0.0400. The largest absolute Gasteiger partial charge is 0.444 e. The van der Waals surface area contributed by atoms with Crippen LogP contribution < -0.4 is 5.32 Å². The smallest absolute Gasteiger partial charge is 0.410 e. The molecule has 25 heavy (non-hydrogen) atoms. The Hall–Kier alpha value is -2.08. The van der Waals surface area contributed by atoms with Gasteiger partial charge in [0.2, 0.25) is 0 Å². The summed E-state index contributed by atoms with van der Waals surface area (Å²) in [6.45, 7) is 15.7. The number of rotatable bonds is 3. The van der Waals surface area contributed by atoms with Crippen LogP contribution in [-0.2, 0) is 15.8 Å². The average Bonchev–Trinajstić information content (AvgIpc) is 2.95. The number of alkyl carbamates (subject to hydrolysis) is 1. The maximum absolute atomic E-state index is 12.5. The van der Waals surface area contributed by atoms with Gasteiger partial charge in [-0.1, -0.05) is 33.4 Å². The second-order valence-corrected chi connectivity index (χ2v) is 8.83. The van der Waals surface area contributed by atoms with Crippen molar-refractivity contribution in [2.45, 2.75) is 58.2 Å². The van der Waals surface area contributed by atoms with E-state index in [0.29, 0.717) is 0 Å². The summed E-state index contributed by atoms with van der Waals surface area (Å²) in [5.74, 6) is 0. The van der Waals surface area contributed by atoms with Gasteiger partial charge in [-0.2, -0.15) is 0 Å². The van der Waals surface area contributed by atoms with Gasteiger partial charge in [-0.05, 0) is 39.1 Å². The number of amides is 1. The number of nitrogens with zero attached hydrogens (tertiary/aromatic N) is 2. The van der Waals surface area contributed by atoms with E-state index in [2.05, 4.69) is 32.7 Å². The first kappa shape index (κ1) is 19.2. The first-order chi connectivity index (χ1) is 11.5. The predicted molar refractivity (Wildman–Crippen MR) is 102 cm³/mol. The lowest BCUT2D eigenvalue weighted by atomic mass is 9.93. The van der Waals surface area contributed by atoms with Gasteiger partial charge in [0.05, 0.1) is 5.69 Å². The van der Waals surface area contributed by atoms with Gasteiger partial charge in [-0.3, -0.25) is 5.32 Å². The quantitative estimate of drug-likeness (QED) is 0.851. The van der Waals surface area contributed by atoms with Crippen LogP contribution in [0, 0.1) is 0 Å². The third kappa shape index (κ3) is 4.31. The van der Waals surface area contributed by atoms with Crippen LogP contribution in [0.15, 0.2) is 42.6 Å². The van der Waals surface area contributed by atoms with E-state index in [-0.39, 0.29) is 5.41 Å². The molecule has 136 valence electrons. The second kappa shape index (κ2) is 6.67. The molecule has 0 aliphatic carbocycles. The fourth-order valence-corrected chi connectivity index (χ4v) is 3.52. The molecule has 1 amide bonds. The third-order valence-corrected chi connectivity index (χ3v) is 4.56. The Bertz CT molecular complexity index is 707. The summed E-state index contributed by atoms with van der Waals surface area (Å²) in [4.78, 5) is 19.1. The molecule has 0 saturated heterocycles. The molecule has 2 rings (SSSR count). The van der Waals surface area contributed by atoms with Crippen molar-refractivity contribution in [3.05, 3.63) is 53.3 Å². The summed E-state index contributed by atoms with van der Waals surface area (Å²) < 4.78 is 5.46. The Kier molecular flexibility index (Phi) is 5.14. The van der Waals surface area contributed by atoms with E-state index in [1.807, 2.05) is 55.5 Å². The van der Waals surface area contributed by atoms with Crippen molar-refractivity contribution in [1.29, 1.82) is 0 Å². The van der Waals surface area contributed by atoms with E-state index in [1.165, 1.54) is 11.3 Å². The minimum Gasteiger partial charge on any atom is -0.444 e. The molecule has 0 fully saturated rings. The van der Waals surface area contributed by atoms with E-state index in [4.69, 9.17) is 9.72 Å². The van der Waals surface area contributed by atoms with Gasteiger partial charge >= 0.3 is 6.09 Å². The summed E-state index contributed by atoms with van der Waals surface area (Å²) >= 11 is 1.50. The minimum absolute atomic E-state index is 0.0743. The van der Waals surface area contributed by atoms with Crippen molar-refractivity contribution in [3.63, 3.8) is 0 Å². The van der Waals surface area contributed by atoms with Crippen molar-refractivity contribution in [1.82, 2.24) is 15.2 Å². The fraction of sp³-hybridized carbons (Fsp3) is 0.474. The van der Waals surface area contributed by atoms with Crippen molar-refractivity contribution >= 4 is 17.4 Å². The molecule has 5 nitrogen and oxygen atoms in total. The number of hydrogen-bond acceptors (Lipinski definition) is 5. The number of hydrogen-bond donors (Lipinski definition) is 1. The lowest BCUT2D eigenvalue weighted by Gasteiger charge is -2.39. The van der Waals surface area contributed by atoms with Crippen LogP contribution in [-0.4, -0.2) is 21.6 Å². The van der Waals surface area contributed by atoms with E-state index >= 15 is 0 Å². The van der Waals surface area contributed by atoms with Crippen LogP contribution in [0.2, 0.25) is 0 Å². The fourth-order valence-electron chi connectivity index (χ4n) is 2.34. The number of thiazole rings is 1. The number of nitrogens with one attached hydrogen (secondary N) is 1. The molecule has 0 radical (unpaired) electrons. The van der Waals surface area contributed by atoms with Gasteiger partial charge in [0.15, 0.2) is 5.66 Å². The summed E-state index contributed by atoms with van der Waals surface area (Å²) in [5, 5.41) is 5.76. The summed E-state index contributed by atoms with van der Waals surface area (Å²) in [5.41, 5.74) is -0.634. The topological polar surface area (TPSA) is 54.5 Å². The first-order valence-corrected chi connectivity index (χ1v) is 9.10. The molecule has 1 aliphatic heterocycles. The zero-order chi connectivity index (χ0) is 18.9. The van der Waals surface area contributed by atoms with Gasteiger partial charge in [-0.15, -0.1) is 11.3 Å². The monoisotopic (exact) mass is 361 g/mol. The van der Waals surface area contributed by atoms with Crippen LogP contribution in [0.1, 0.15) is 52.2 Å². The highest BCUT2D eigenvalue weighted by atomic mass is 32.1. The Morgan fingerprint density at radius 1 is 1.32 bits per heavy atom. The van der Waals surface area contributed by atoms with Crippen LogP contribution in [0.25, 0.3) is 0 Å². The molecule has 1 N–H and O–H groups in total. The van der Waals surface area contributed by atoms with Gasteiger partial charge in [-0.25, -0.2) is 9.78 Å². The Labute approximate surface area is 154 Å². The second-order valence-electron chi connectivity index (χ2n) is 7.97. The molecule has 1 unspecified atom stereocenters. The Balaban J connectivity index is 2.45. The normalized spacial score (nSPS) is 20.5. The van der Waals surface area contributed by atoms with Crippen molar-refractivity contribution < 1.29 is 9.53 Å². The highest BCUT2D eigenvalue weighted by molar-refractivity contribution is 7.09. The molecule has 0 bridgehead atoms. The number of ether oxygens (including phenoxy) is 1. The molecular formula is C19H27N3O2S. The Morgan fingerprint density at radius 3 is 2.52 bits per heavy atom. The number of carbonyl (C=O) groups is 1. The molecule has 0 saturated carbocycles. The highest BCUT2D eigenvalue weighted by Gasteiger charge is 2.41. The minimum atomic E-state index is -0.951. The molecule has 1 aromatic rings. The maximum atomic E-state index is 12.5. The predicted octanol–water partition coefficient (Wildman–Crippen LogP) is 4.65. The molecule has 2 heterocycles. The van der Waals surface area contributed by atoms with Crippen molar-refractivity contribution in [3.8, 4) is 0 Å². The van der Waals surface area contributed by atoms with E-state index in [9.17, 15) is 4.79 Å². The Morgan fingerprint density at radius 2 is 2.00 bits per heavy atom. The zero-order valence-electron chi connectivity index (χ0n) is 15.8. The molecule has 0 aromatic carbocycles. The van der Waals surface area contributed by atoms with E-state index < -0.39 is 17.4 Å². The lowest BCUT2D eigenvalue weighted by Crippen LogP contribution is -2.54. The van der Waals surface area contributed by atoms with Crippen LogP contribution >= 0.6 is 11.3 Å². The van der Waals surface area contributed by atoms with E-state index in [1.54, 1.807) is 6.20 Å². The van der Waals surface area contributed by atoms with Gasteiger partial charge in [0, 0.05) is 17.0 Å².